The van der Waals surface area contributed by atoms with E-state index >= 15 is 0 Å². The third-order valence-corrected chi connectivity index (χ3v) is 4.73. The van der Waals surface area contributed by atoms with Gasteiger partial charge in [-0.25, -0.2) is 4.79 Å². The van der Waals surface area contributed by atoms with Crippen LogP contribution < -0.4 is 16.0 Å². The molecule has 2 heterocycles. The van der Waals surface area contributed by atoms with E-state index in [0.717, 1.165) is 12.0 Å². The molecule has 1 aromatic heterocycles. The van der Waals surface area contributed by atoms with Crippen molar-refractivity contribution in [3.8, 4) is 0 Å². The average Bonchev–Trinajstić information content (AvgIpc) is 3.07. The summed E-state index contributed by atoms with van der Waals surface area (Å²) >= 11 is 1.31. The van der Waals surface area contributed by atoms with Crippen molar-refractivity contribution in [3.63, 3.8) is 0 Å². The Balaban J connectivity index is 1.59. The number of hydrogen-bond acceptors (Lipinski definition) is 4. The van der Waals surface area contributed by atoms with Gasteiger partial charge in [0.15, 0.2) is 0 Å². The molecule has 1 aromatic carbocycles. The molecule has 24 heavy (non-hydrogen) atoms. The highest BCUT2D eigenvalue weighted by atomic mass is 32.1. The molecular weight excluding hydrogens is 326 g/mol. The topological polar surface area (TPSA) is 79.5 Å². The maximum Gasteiger partial charge on any atom is 0.319 e. The Hall–Kier alpha value is -2.38. The minimum Gasteiger partial charge on any atom is -0.371 e. The second-order valence-electron chi connectivity index (χ2n) is 5.39. The van der Waals surface area contributed by atoms with Crippen LogP contribution in [0.1, 0.15) is 27.6 Å². The first-order valence-corrected chi connectivity index (χ1v) is 8.61. The van der Waals surface area contributed by atoms with Crippen LogP contribution in [0, 0.1) is 0 Å². The number of fused-ring (bicyclic) bond motifs is 1. The van der Waals surface area contributed by atoms with Gasteiger partial charge in [0.25, 0.3) is 5.91 Å². The summed E-state index contributed by atoms with van der Waals surface area (Å²) in [5.74, 6) is -0.226. The number of rotatable bonds is 4. The number of urea groups is 1. The fourth-order valence-electron chi connectivity index (χ4n) is 2.70. The number of thiophene rings is 1. The van der Waals surface area contributed by atoms with Crippen molar-refractivity contribution in [3.05, 3.63) is 52.4 Å². The van der Waals surface area contributed by atoms with Gasteiger partial charge in [0, 0.05) is 13.6 Å². The first-order valence-electron chi connectivity index (χ1n) is 7.73. The van der Waals surface area contributed by atoms with E-state index in [1.165, 1.54) is 16.9 Å². The molecule has 0 saturated carbocycles. The summed E-state index contributed by atoms with van der Waals surface area (Å²) in [7, 11) is 1.56. The molecule has 1 atom stereocenters. The predicted octanol–water partition coefficient (Wildman–Crippen LogP) is 2.54. The van der Waals surface area contributed by atoms with Crippen LogP contribution in [-0.2, 0) is 11.2 Å². The molecule has 2 aromatic rings. The van der Waals surface area contributed by atoms with E-state index in [1.54, 1.807) is 18.5 Å². The molecule has 3 N–H and O–H groups in total. The van der Waals surface area contributed by atoms with Crippen LogP contribution >= 0.6 is 11.3 Å². The van der Waals surface area contributed by atoms with Gasteiger partial charge in [0.05, 0.1) is 12.2 Å². The minimum atomic E-state index is -0.353. The van der Waals surface area contributed by atoms with Crippen LogP contribution in [0.4, 0.5) is 9.80 Å². The summed E-state index contributed by atoms with van der Waals surface area (Å²) < 4.78 is 5.77. The number of carbonyl (C=O) groups is 2. The number of amides is 3. The highest BCUT2D eigenvalue weighted by Gasteiger charge is 2.21. The van der Waals surface area contributed by atoms with Crippen LogP contribution in [0.3, 0.4) is 0 Å². The zero-order valence-corrected chi connectivity index (χ0v) is 14.1. The maximum atomic E-state index is 12.1. The summed E-state index contributed by atoms with van der Waals surface area (Å²) in [6, 6.07) is 9.43. The van der Waals surface area contributed by atoms with Crippen molar-refractivity contribution < 1.29 is 14.3 Å². The number of anilines is 1. The van der Waals surface area contributed by atoms with Crippen molar-refractivity contribution >= 4 is 28.3 Å². The molecule has 1 aliphatic heterocycles. The average molecular weight is 345 g/mol. The van der Waals surface area contributed by atoms with Crippen molar-refractivity contribution in [2.45, 2.75) is 12.5 Å². The quantitative estimate of drug-likeness (QED) is 0.797. The van der Waals surface area contributed by atoms with Crippen LogP contribution in [0.15, 0.2) is 35.7 Å². The molecule has 0 fully saturated rings. The molecule has 7 heteroatoms. The third kappa shape index (κ3) is 3.58. The molecular formula is C17H19N3O3S. The van der Waals surface area contributed by atoms with E-state index < -0.39 is 0 Å². The van der Waals surface area contributed by atoms with Crippen LogP contribution in [0.5, 0.6) is 0 Å². The fraction of sp³-hybridized carbons (Fsp3) is 0.294. The first kappa shape index (κ1) is 16.5. The second-order valence-corrected chi connectivity index (χ2v) is 6.30. The molecule has 1 unspecified atom stereocenters. The van der Waals surface area contributed by atoms with Gasteiger partial charge in [-0.15, -0.1) is 11.3 Å². The largest absolute Gasteiger partial charge is 0.371 e. The molecule has 0 saturated heterocycles. The molecule has 6 nitrogen and oxygen atoms in total. The van der Waals surface area contributed by atoms with E-state index in [1.807, 2.05) is 18.2 Å². The van der Waals surface area contributed by atoms with Crippen LogP contribution in [0.2, 0.25) is 0 Å². The summed E-state index contributed by atoms with van der Waals surface area (Å²) in [6.07, 6.45) is 0.742. The lowest BCUT2D eigenvalue weighted by molar-refractivity contribution is 0.0444. The Morgan fingerprint density at radius 2 is 2.12 bits per heavy atom. The fourth-order valence-corrected chi connectivity index (χ4v) is 3.48. The van der Waals surface area contributed by atoms with Gasteiger partial charge in [-0.3, -0.25) is 10.1 Å². The normalized spacial score (nSPS) is 16.1. The van der Waals surface area contributed by atoms with E-state index in [4.69, 9.17) is 4.74 Å². The standard InChI is InChI=1S/C17H19N3O3S/c1-18-15(21)13-7-9-24-16(13)20-17(22)19-10-14-12-5-3-2-4-11(12)6-8-23-14/h2-5,7,9,14H,6,8,10H2,1H3,(H,18,21)(H2,19,20,22). The Labute approximate surface area is 144 Å². The lowest BCUT2D eigenvalue weighted by Crippen LogP contribution is -2.35. The lowest BCUT2D eigenvalue weighted by Gasteiger charge is -2.26. The Bertz CT molecular complexity index is 744. The molecule has 3 amide bonds. The van der Waals surface area contributed by atoms with Crippen LogP contribution in [-0.4, -0.2) is 32.1 Å². The summed E-state index contributed by atoms with van der Waals surface area (Å²) in [6.45, 7) is 1.03. The van der Waals surface area contributed by atoms with Gasteiger partial charge in [0.1, 0.15) is 11.1 Å². The molecule has 0 aliphatic carbocycles. The molecule has 0 radical (unpaired) electrons. The van der Waals surface area contributed by atoms with E-state index in [0.29, 0.717) is 23.7 Å². The number of ether oxygens (including phenoxy) is 1. The van der Waals surface area contributed by atoms with Gasteiger partial charge >= 0.3 is 6.03 Å². The number of nitrogens with one attached hydrogen (secondary N) is 3. The summed E-state index contributed by atoms with van der Waals surface area (Å²) in [4.78, 5) is 23.8. The van der Waals surface area contributed by atoms with Gasteiger partial charge in [-0.2, -0.15) is 0 Å². The monoisotopic (exact) mass is 345 g/mol. The summed E-state index contributed by atoms with van der Waals surface area (Å²) in [5.41, 5.74) is 2.83. The van der Waals surface area contributed by atoms with Crippen molar-refractivity contribution in [2.75, 3.05) is 25.5 Å². The highest BCUT2D eigenvalue weighted by Crippen LogP contribution is 2.26. The SMILES string of the molecule is CNC(=O)c1ccsc1NC(=O)NCC1OCCc2ccccc21. The van der Waals surface area contributed by atoms with E-state index in [2.05, 4.69) is 22.0 Å². The van der Waals surface area contributed by atoms with Gasteiger partial charge < -0.3 is 15.4 Å². The molecule has 126 valence electrons. The molecule has 0 bridgehead atoms. The molecule has 1 aliphatic rings. The van der Waals surface area contributed by atoms with Crippen molar-refractivity contribution in [2.24, 2.45) is 0 Å². The zero-order valence-electron chi connectivity index (χ0n) is 13.3. The smallest absolute Gasteiger partial charge is 0.319 e. The Kier molecular flexibility index (Phi) is 5.12. The Morgan fingerprint density at radius 1 is 1.29 bits per heavy atom. The van der Waals surface area contributed by atoms with E-state index in [9.17, 15) is 9.59 Å². The zero-order chi connectivity index (χ0) is 16.9. The van der Waals surface area contributed by atoms with Crippen LogP contribution in [0.25, 0.3) is 0 Å². The number of carbonyl (C=O) groups excluding carboxylic acids is 2. The molecule has 0 spiro atoms. The third-order valence-electron chi connectivity index (χ3n) is 3.90. The summed E-state index contributed by atoms with van der Waals surface area (Å²) in [5, 5.41) is 10.4. The maximum absolute atomic E-state index is 12.1. The van der Waals surface area contributed by atoms with Gasteiger partial charge in [-0.1, -0.05) is 24.3 Å². The highest BCUT2D eigenvalue weighted by molar-refractivity contribution is 7.14. The van der Waals surface area contributed by atoms with Crippen molar-refractivity contribution in [1.82, 2.24) is 10.6 Å². The minimum absolute atomic E-state index is 0.151. The predicted molar refractivity (Wildman–Crippen MR) is 93.6 cm³/mol. The molecule has 3 rings (SSSR count). The van der Waals surface area contributed by atoms with Gasteiger partial charge in [0.2, 0.25) is 0 Å². The lowest BCUT2D eigenvalue weighted by atomic mass is 9.98. The second kappa shape index (κ2) is 7.46. The number of hydrogen-bond donors (Lipinski definition) is 3. The van der Waals surface area contributed by atoms with Crippen molar-refractivity contribution in [1.29, 1.82) is 0 Å². The van der Waals surface area contributed by atoms with Gasteiger partial charge in [-0.05, 0) is 29.0 Å². The Morgan fingerprint density at radius 3 is 2.96 bits per heavy atom. The number of benzene rings is 1. The first-order chi connectivity index (χ1) is 11.7. The van der Waals surface area contributed by atoms with E-state index in [-0.39, 0.29) is 18.0 Å².